The topological polar surface area (TPSA) is 70.6 Å². The number of aryl methyl sites for hydroxylation is 1. The van der Waals surface area contributed by atoms with E-state index in [4.69, 9.17) is 9.84 Å². The number of urea groups is 1. The minimum atomic E-state index is -0.148. The molecule has 0 aliphatic carbocycles. The number of ether oxygens (including phenoxy) is 1. The summed E-state index contributed by atoms with van der Waals surface area (Å²) in [4.78, 5) is 12.3. The Kier molecular flexibility index (Phi) is 6.85. The maximum absolute atomic E-state index is 12.3. The average molecular weight is 348 g/mol. The molecule has 2 rings (SSSR count). The lowest BCUT2D eigenvalue weighted by atomic mass is 9.72. The van der Waals surface area contributed by atoms with Gasteiger partial charge < -0.3 is 20.5 Å². The van der Waals surface area contributed by atoms with E-state index in [0.29, 0.717) is 19.5 Å². The van der Waals surface area contributed by atoms with E-state index in [9.17, 15) is 4.79 Å². The molecule has 0 aromatic heterocycles. The van der Waals surface area contributed by atoms with Crippen LogP contribution in [0.1, 0.15) is 44.2 Å². The van der Waals surface area contributed by atoms with Crippen LogP contribution in [0.25, 0.3) is 0 Å². The van der Waals surface area contributed by atoms with Gasteiger partial charge >= 0.3 is 6.03 Å². The Morgan fingerprint density at radius 2 is 1.92 bits per heavy atom. The van der Waals surface area contributed by atoms with Crippen molar-refractivity contribution in [3.05, 3.63) is 35.4 Å². The van der Waals surface area contributed by atoms with Gasteiger partial charge in [-0.25, -0.2) is 4.79 Å². The highest BCUT2D eigenvalue weighted by Crippen LogP contribution is 2.36. The zero-order valence-corrected chi connectivity index (χ0v) is 15.7. The Morgan fingerprint density at radius 3 is 2.56 bits per heavy atom. The molecule has 0 radical (unpaired) electrons. The third kappa shape index (κ3) is 5.44. The highest BCUT2D eigenvalue weighted by Gasteiger charge is 2.35. The number of carbonyl (C=O) groups excluding carboxylic acids is 1. The number of amides is 2. The molecule has 2 amide bonds. The van der Waals surface area contributed by atoms with Gasteiger partial charge in [-0.05, 0) is 42.7 Å². The van der Waals surface area contributed by atoms with Crippen molar-refractivity contribution in [2.24, 2.45) is 5.41 Å². The van der Waals surface area contributed by atoms with E-state index in [-0.39, 0.29) is 23.5 Å². The summed E-state index contributed by atoms with van der Waals surface area (Å²) in [5.41, 5.74) is 2.38. The van der Waals surface area contributed by atoms with E-state index in [1.54, 1.807) is 0 Å². The molecule has 0 atom stereocenters. The summed E-state index contributed by atoms with van der Waals surface area (Å²) in [6, 6.07) is 8.27. The number of aliphatic hydroxyl groups is 1. The number of hydrogen-bond acceptors (Lipinski definition) is 3. The van der Waals surface area contributed by atoms with E-state index >= 15 is 0 Å². The normalized spacial score (nSPS) is 17.1. The van der Waals surface area contributed by atoms with Gasteiger partial charge in [-0.3, -0.25) is 0 Å². The summed E-state index contributed by atoms with van der Waals surface area (Å²) in [6.07, 6.45) is 2.49. The molecule has 0 spiro atoms. The predicted octanol–water partition coefficient (Wildman–Crippen LogP) is 2.75. The molecule has 1 aliphatic heterocycles. The first kappa shape index (κ1) is 19.7. The second-order valence-electron chi connectivity index (χ2n) is 7.88. The Labute approximate surface area is 151 Å². The number of aliphatic hydroxyl groups excluding tert-OH is 1. The van der Waals surface area contributed by atoms with Gasteiger partial charge in [0.05, 0.1) is 0 Å². The minimum Gasteiger partial charge on any atom is -0.396 e. The largest absolute Gasteiger partial charge is 0.396 e. The Hall–Kier alpha value is -1.59. The smallest absolute Gasteiger partial charge is 0.314 e. The van der Waals surface area contributed by atoms with E-state index < -0.39 is 0 Å². The van der Waals surface area contributed by atoms with Crippen LogP contribution in [0, 0.1) is 12.3 Å². The molecule has 0 unspecified atom stereocenters. The molecule has 5 heteroatoms. The molecule has 1 heterocycles. The predicted molar refractivity (Wildman–Crippen MR) is 99.8 cm³/mol. The summed E-state index contributed by atoms with van der Waals surface area (Å²) in [6.45, 7) is 8.93. The van der Waals surface area contributed by atoms with Crippen molar-refractivity contribution >= 4 is 6.03 Å². The van der Waals surface area contributed by atoms with Crippen LogP contribution in [0.3, 0.4) is 0 Å². The third-order valence-electron chi connectivity index (χ3n) is 5.27. The first-order valence-corrected chi connectivity index (χ1v) is 9.15. The molecule has 0 bridgehead atoms. The van der Waals surface area contributed by atoms with Crippen molar-refractivity contribution in [2.45, 2.75) is 45.4 Å². The third-order valence-corrected chi connectivity index (χ3v) is 5.27. The second kappa shape index (κ2) is 8.68. The molecule has 5 nitrogen and oxygen atoms in total. The average Bonchev–Trinajstić information content (AvgIpc) is 2.59. The lowest BCUT2D eigenvalue weighted by Crippen LogP contribution is -2.49. The van der Waals surface area contributed by atoms with Crippen molar-refractivity contribution < 1.29 is 14.6 Å². The first-order valence-electron chi connectivity index (χ1n) is 9.15. The number of benzene rings is 1. The molecule has 1 fully saturated rings. The highest BCUT2D eigenvalue weighted by molar-refractivity contribution is 5.74. The van der Waals surface area contributed by atoms with Crippen LogP contribution in [-0.2, 0) is 10.2 Å². The summed E-state index contributed by atoms with van der Waals surface area (Å²) >= 11 is 0. The summed E-state index contributed by atoms with van der Waals surface area (Å²) in [7, 11) is 0. The number of rotatable bonds is 7. The lowest BCUT2D eigenvalue weighted by molar-refractivity contribution is 0.0504. The van der Waals surface area contributed by atoms with Crippen LogP contribution in [0.5, 0.6) is 0 Å². The van der Waals surface area contributed by atoms with Gasteiger partial charge in [0.15, 0.2) is 0 Å². The Morgan fingerprint density at radius 1 is 1.24 bits per heavy atom. The fourth-order valence-electron chi connectivity index (χ4n) is 3.49. The monoisotopic (exact) mass is 348 g/mol. The van der Waals surface area contributed by atoms with Crippen LogP contribution in [0.15, 0.2) is 24.3 Å². The molecule has 3 N–H and O–H groups in total. The quantitative estimate of drug-likeness (QED) is 0.709. The van der Waals surface area contributed by atoms with Crippen LogP contribution >= 0.6 is 0 Å². The lowest BCUT2D eigenvalue weighted by Gasteiger charge is -2.39. The van der Waals surface area contributed by atoms with Gasteiger partial charge in [-0.2, -0.15) is 0 Å². The van der Waals surface area contributed by atoms with Crippen molar-refractivity contribution in [3.63, 3.8) is 0 Å². The maximum atomic E-state index is 12.3. The molecule has 25 heavy (non-hydrogen) atoms. The summed E-state index contributed by atoms with van der Waals surface area (Å²) < 4.78 is 5.56. The van der Waals surface area contributed by atoms with E-state index in [1.165, 1.54) is 11.1 Å². The second-order valence-corrected chi connectivity index (χ2v) is 7.88. The Balaban J connectivity index is 1.99. The molecule has 1 saturated heterocycles. The van der Waals surface area contributed by atoms with E-state index in [0.717, 1.165) is 26.1 Å². The van der Waals surface area contributed by atoms with Crippen LogP contribution in [0.2, 0.25) is 0 Å². The SMILES string of the molecule is Cc1ccccc1C1(CNC(=O)NCC(C)(C)CCO)CCOCC1. The van der Waals surface area contributed by atoms with Crippen LogP contribution in [-0.4, -0.2) is 44.0 Å². The standard InChI is InChI=1S/C20H32N2O3/c1-16-6-4-5-7-17(16)20(9-12-25-13-10-20)15-22-18(24)21-14-19(2,3)8-11-23/h4-7,23H,8-15H2,1-3H3,(H2,21,22,24). The number of carbonyl (C=O) groups is 1. The zero-order chi connectivity index (χ0) is 18.3. The highest BCUT2D eigenvalue weighted by atomic mass is 16.5. The molecule has 1 aliphatic rings. The fourth-order valence-corrected chi connectivity index (χ4v) is 3.49. The van der Waals surface area contributed by atoms with E-state index in [2.05, 4.69) is 41.8 Å². The maximum Gasteiger partial charge on any atom is 0.314 e. The number of nitrogens with one attached hydrogen (secondary N) is 2. The fraction of sp³-hybridized carbons (Fsp3) is 0.650. The van der Waals surface area contributed by atoms with Crippen molar-refractivity contribution in [1.82, 2.24) is 10.6 Å². The molecule has 0 saturated carbocycles. The van der Waals surface area contributed by atoms with Gasteiger partial charge in [0, 0.05) is 38.3 Å². The van der Waals surface area contributed by atoms with Crippen LogP contribution < -0.4 is 10.6 Å². The van der Waals surface area contributed by atoms with Crippen molar-refractivity contribution in [2.75, 3.05) is 32.9 Å². The zero-order valence-electron chi connectivity index (χ0n) is 15.7. The molecule has 140 valence electrons. The molecular formula is C20H32N2O3. The van der Waals surface area contributed by atoms with Crippen molar-refractivity contribution in [1.29, 1.82) is 0 Å². The molecule has 1 aromatic carbocycles. The van der Waals surface area contributed by atoms with E-state index in [1.807, 2.05) is 13.8 Å². The Bertz CT molecular complexity index is 566. The summed E-state index contributed by atoms with van der Waals surface area (Å²) in [5.74, 6) is 0. The first-order chi connectivity index (χ1) is 11.9. The van der Waals surface area contributed by atoms with Gasteiger partial charge in [0.1, 0.15) is 0 Å². The van der Waals surface area contributed by atoms with Crippen molar-refractivity contribution in [3.8, 4) is 0 Å². The van der Waals surface area contributed by atoms with Gasteiger partial charge in [-0.1, -0.05) is 38.1 Å². The van der Waals surface area contributed by atoms with Crippen LogP contribution in [0.4, 0.5) is 4.79 Å². The molecular weight excluding hydrogens is 316 g/mol. The molecule has 1 aromatic rings. The number of hydrogen-bond donors (Lipinski definition) is 3. The van der Waals surface area contributed by atoms with Gasteiger partial charge in [0.25, 0.3) is 0 Å². The summed E-state index contributed by atoms with van der Waals surface area (Å²) in [5, 5.41) is 15.1. The minimum absolute atomic E-state index is 0.0679. The van der Waals surface area contributed by atoms with Gasteiger partial charge in [-0.15, -0.1) is 0 Å². The van der Waals surface area contributed by atoms with Gasteiger partial charge in [0.2, 0.25) is 0 Å².